The largest absolute Gasteiger partial charge is 0.422 e. The van der Waals surface area contributed by atoms with Gasteiger partial charge in [-0.1, -0.05) is 24.3 Å². The van der Waals surface area contributed by atoms with Crippen molar-refractivity contribution in [3.05, 3.63) is 82.9 Å². The van der Waals surface area contributed by atoms with Crippen molar-refractivity contribution in [2.24, 2.45) is 0 Å². The van der Waals surface area contributed by atoms with Crippen LogP contribution in [0.5, 0.6) is 5.75 Å². The van der Waals surface area contributed by atoms with Gasteiger partial charge in [0.25, 0.3) is 27.8 Å². The molecule has 4 aromatic rings. The van der Waals surface area contributed by atoms with E-state index >= 15 is 0 Å². The van der Waals surface area contributed by atoms with Gasteiger partial charge in [-0.05, 0) is 43.2 Å². The molecule has 308 valence electrons. The van der Waals surface area contributed by atoms with Crippen molar-refractivity contribution in [3.63, 3.8) is 0 Å². The summed E-state index contributed by atoms with van der Waals surface area (Å²) in [6.07, 6.45) is 0.192. The van der Waals surface area contributed by atoms with Crippen LogP contribution in [0.15, 0.2) is 60.7 Å². The van der Waals surface area contributed by atoms with E-state index in [1.165, 1.54) is 7.11 Å². The molecule has 2 heterocycles. The second-order valence-corrected chi connectivity index (χ2v) is 15.0. The van der Waals surface area contributed by atoms with E-state index in [0.29, 0.717) is 49.1 Å². The van der Waals surface area contributed by atoms with Crippen molar-refractivity contribution in [3.8, 4) is 5.75 Å². The van der Waals surface area contributed by atoms with Crippen molar-refractivity contribution < 1.29 is 65.4 Å². The first-order chi connectivity index (χ1) is 27.8. The Morgan fingerprint density at radius 1 is 0.862 bits per heavy atom. The average molecular weight is 822 g/mol. The molecule has 1 aliphatic heterocycles. The standard InChI is InChI=1S/C40H44N4O13S/c1-26-23-27(39(49)42-18-21-55-20-17-41-33(45)13-7-14-36(48)57-44-34(46)15-16-35(44)47)24-28(25-54-2)38(26)56-40(50)37-29-9-3-5-11-31(29)43(19-8-22-58(51,52)53)32-12-6-4-10-30(32)37/h3-6,9-12,23-24H,7-8,13-22,25H2,1-2H3,(H2-,41,42,45,49,51,52,53)/p+1. The third kappa shape index (κ3) is 11.4. The van der Waals surface area contributed by atoms with Crippen LogP contribution in [-0.2, 0) is 56.8 Å². The fourth-order valence-corrected chi connectivity index (χ4v) is 7.00. The van der Waals surface area contributed by atoms with Crippen molar-refractivity contribution in [1.82, 2.24) is 15.7 Å². The third-order valence-corrected chi connectivity index (χ3v) is 9.91. The van der Waals surface area contributed by atoms with E-state index in [-0.39, 0.29) is 89.6 Å². The molecule has 5 rings (SSSR count). The van der Waals surface area contributed by atoms with Crippen LogP contribution in [0.2, 0.25) is 0 Å². The number of methoxy groups -OCH3 is 1. The lowest BCUT2D eigenvalue weighted by atomic mass is 10.0. The minimum Gasteiger partial charge on any atom is -0.422 e. The minimum absolute atomic E-state index is 0.00213. The number of carbonyl (C=O) groups is 6. The van der Waals surface area contributed by atoms with Gasteiger partial charge in [-0.15, -0.1) is 5.06 Å². The number of hydrogen-bond donors (Lipinski definition) is 3. The molecule has 0 unspecified atom stereocenters. The number of ether oxygens (including phenoxy) is 3. The number of benzene rings is 3. The molecule has 58 heavy (non-hydrogen) atoms. The number of hydrogen-bond acceptors (Lipinski definition) is 12. The molecule has 18 heteroatoms. The minimum atomic E-state index is -4.16. The number of fused-ring (bicyclic) bond motifs is 2. The van der Waals surface area contributed by atoms with E-state index in [9.17, 15) is 41.7 Å². The zero-order valence-corrected chi connectivity index (χ0v) is 32.9. The van der Waals surface area contributed by atoms with Crippen molar-refractivity contribution in [2.45, 2.75) is 58.6 Å². The molecule has 0 atom stereocenters. The van der Waals surface area contributed by atoms with Gasteiger partial charge < -0.3 is 29.7 Å². The molecule has 4 amide bonds. The molecule has 17 nitrogen and oxygen atoms in total. The number of rotatable bonds is 20. The van der Waals surface area contributed by atoms with Crippen LogP contribution in [0.4, 0.5) is 0 Å². The maximum atomic E-state index is 14.1. The van der Waals surface area contributed by atoms with Crippen LogP contribution in [0.3, 0.4) is 0 Å². The quantitative estimate of drug-likeness (QED) is 0.0222. The number of carbonyl (C=O) groups excluding carboxylic acids is 6. The Labute approximate surface area is 334 Å². The van der Waals surface area contributed by atoms with Gasteiger partial charge in [0.2, 0.25) is 16.9 Å². The lowest BCUT2D eigenvalue weighted by molar-refractivity contribution is -0.645. The maximum Gasteiger partial charge on any atom is 0.345 e. The molecule has 3 aromatic carbocycles. The summed E-state index contributed by atoms with van der Waals surface area (Å²) in [5.41, 5.74) is 2.93. The maximum absolute atomic E-state index is 14.1. The number of nitrogens with one attached hydrogen (secondary N) is 2. The van der Waals surface area contributed by atoms with Gasteiger partial charge in [-0.2, -0.15) is 13.0 Å². The van der Waals surface area contributed by atoms with Crippen molar-refractivity contribution in [1.29, 1.82) is 0 Å². The number of hydroxylamine groups is 2. The van der Waals surface area contributed by atoms with Gasteiger partial charge in [-0.3, -0.25) is 23.7 Å². The summed E-state index contributed by atoms with van der Waals surface area (Å²) in [5.74, 6) is -3.45. The van der Waals surface area contributed by atoms with Crippen molar-refractivity contribution >= 4 is 67.5 Å². The van der Waals surface area contributed by atoms with E-state index in [2.05, 4.69) is 10.6 Å². The highest BCUT2D eigenvalue weighted by Gasteiger charge is 2.33. The lowest BCUT2D eigenvalue weighted by Crippen LogP contribution is -2.37. The topological polar surface area (TPSA) is 225 Å². The first-order valence-electron chi connectivity index (χ1n) is 18.6. The lowest BCUT2D eigenvalue weighted by Gasteiger charge is -2.16. The zero-order chi connectivity index (χ0) is 41.8. The number of aromatic nitrogens is 1. The van der Waals surface area contributed by atoms with Gasteiger partial charge in [0, 0.05) is 75.6 Å². The summed E-state index contributed by atoms with van der Waals surface area (Å²) in [5, 5.41) is 7.07. The van der Waals surface area contributed by atoms with Gasteiger partial charge in [-0.25, -0.2) is 9.59 Å². The highest BCUT2D eigenvalue weighted by molar-refractivity contribution is 7.85. The summed E-state index contributed by atoms with van der Waals surface area (Å²) in [6.45, 7) is 2.69. The highest BCUT2D eigenvalue weighted by atomic mass is 32.2. The molecule has 1 saturated heterocycles. The van der Waals surface area contributed by atoms with E-state index < -0.39 is 45.5 Å². The Morgan fingerprint density at radius 2 is 1.48 bits per heavy atom. The number of imide groups is 1. The first-order valence-corrected chi connectivity index (χ1v) is 20.2. The molecule has 1 fully saturated rings. The van der Waals surface area contributed by atoms with Crippen LogP contribution in [-0.4, -0.2) is 92.8 Å². The number of amides is 4. The predicted molar refractivity (Wildman–Crippen MR) is 207 cm³/mol. The molecule has 0 bridgehead atoms. The fraction of sp³-hybridized carbons (Fsp3) is 0.375. The predicted octanol–water partition coefficient (Wildman–Crippen LogP) is 2.87. The summed E-state index contributed by atoms with van der Waals surface area (Å²) in [6, 6.07) is 17.6. The van der Waals surface area contributed by atoms with E-state index in [1.54, 1.807) is 43.3 Å². The average Bonchev–Trinajstić information content (AvgIpc) is 3.50. The van der Waals surface area contributed by atoms with Gasteiger partial charge in [0.1, 0.15) is 5.75 Å². The van der Waals surface area contributed by atoms with Gasteiger partial charge in [0.05, 0.1) is 41.9 Å². The molecular weight excluding hydrogens is 777 g/mol. The Hall–Kier alpha value is -5.82. The second kappa shape index (κ2) is 20.0. The third-order valence-electron chi connectivity index (χ3n) is 9.11. The van der Waals surface area contributed by atoms with Crippen LogP contribution in [0.1, 0.15) is 70.4 Å². The smallest absolute Gasteiger partial charge is 0.345 e. The number of para-hydroxylation sites is 2. The summed E-state index contributed by atoms with van der Waals surface area (Å²) in [4.78, 5) is 79.0. The normalized spacial score (nSPS) is 12.9. The Morgan fingerprint density at radius 3 is 2.10 bits per heavy atom. The summed E-state index contributed by atoms with van der Waals surface area (Å²) < 4.78 is 51.0. The van der Waals surface area contributed by atoms with Gasteiger partial charge in [0.15, 0.2) is 6.54 Å². The first kappa shape index (κ1) is 43.3. The molecular formula is C40H45N4O13S+. The number of esters is 1. The Bertz CT molecular complexity index is 2260. The van der Waals surface area contributed by atoms with Crippen LogP contribution in [0, 0.1) is 6.92 Å². The van der Waals surface area contributed by atoms with Crippen LogP contribution < -0.4 is 19.9 Å². The monoisotopic (exact) mass is 821 g/mol. The molecule has 0 saturated carbocycles. The second-order valence-electron chi connectivity index (χ2n) is 13.4. The van der Waals surface area contributed by atoms with Crippen LogP contribution in [0.25, 0.3) is 21.8 Å². The Kier molecular flexibility index (Phi) is 15.0. The SMILES string of the molecule is COCc1cc(C(=O)NCCOCCNC(=O)CCCC(=O)ON2C(=O)CCC2=O)cc(C)c1OC(=O)c1c2ccccc2[n+](CCCS(=O)(=O)O)c2ccccc12. The van der Waals surface area contributed by atoms with Crippen LogP contribution >= 0.6 is 0 Å². The number of pyridine rings is 1. The molecule has 0 aliphatic carbocycles. The molecule has 0 spiro atoms. The van der Waals surface area contributed by atoms with E-state index in [0.717, 1.165) is 0 Å². The van der Waals surface area contributed by atoms with Gasteiger partial charge >= 0.3 is 11.9 Å². The van der Waals surface area contributed by atoms with E-state index in [1.807, 2.05) is 28.8 Å². The highest BCUT2D eigenvalue weighted by Crippen LogP contribution is 2.31. The molecule has 3 N–H and O–H groups in total. The number of nitrogens with zero attached hydrogens (tertiary/aromatic N) is 2. The van der Waals surface area contributed by atoms with Crippen molar-refractivity contribution in [2.75, 3.05) is 39.2 Å². The summed E-state index contributed by atoms with van der Waals surface area (Å²) >= 11 is 0. The zero-order valence-electron chi connectivity index (χ0n) is 32.1. The molecule has 1 aliphatic rings. The fourth-order valence-electron chi connectivity index (χ4n) is 6.50. The molecule has 0 radical (unpaired) electrons. The van der Waals surface area contributed by atoms with E-state index in [4.69, 9.17) is 19.0 Å². The Balaban J connectivity index is 1.14. The summed E-state index contributed by atoms with van der Waals surface area (Å²) in [7, 11) is -2.68. The number of aryl methyl sites for hydroxylation is 2. The molecule has 1 aromatic heterocycles.